The Kier molecular flexibility index (Phi) is 3.48. The van der Waals surface area contributed by atoms with Gasteiger partial charge in [0.25, 0.3) is 5.91 Å². The Morgan fingerprint density at radius 3 is 2.60 bits per heavy atom. The fraction of sp³-hybridized carbons (Fsp3) is 0.222. The van der Waals surface area contributed by atoms with Gasteiger partial charge in [-0.25, -0.2) is 5.84 Å². The Morgan fingerprint density at radius 1 is 1.40 bits per heavy atom. The van der Waals surface area contributed by atoms with Crippen LogP contribution in [0.15, 0.2) is 18.2 Å². The highest BCUT2D eigenvalue weighted by Gasteiger charge is 2.14. The van der Waals surface area contributed by atoms with Crippen molar-refractivity contribution < 1.29 is 20.1 Å². The summed E-state index contributed by atoms with van der Waals surface area (Å²) < 4.78 is 0. The number of nitrogens with two attached hydrogens (primary N) is 1. The SMILES string of the molecule is NNC(=O)C(O)Cc1ccc(O)c(O)c1. The van der Waals surface area contributed by atoms with Gasteiger partial charge in [0.15, 0.2) is 11.5 Å². The molecule has 0 radical (unpaired) electrons. The van der Waals surface area contributed by atoms with Gasteiger partial charge < -0.3 is 15.3 Å². The molecule has 0 aliphatic carbocycles. The van der Waals surface area contributed by atoms with E-state index >= 15 is 0 Å². The molecule has 1 amide bonds. The monoisotopic (exact) mass is 212 g/mol. The normalized spacial score (nSPS) is 12.1. The second-order valence-corrected chi connectivity index (χ2v) is 3.05. The van der Waals surface area contributed by atoms with E-state index in [1.165, 1.54) is 18.2 Å². The lowest BCUT2D eigenvalue weighted by Gasteiger charge is -2.09. The number of aliphatic hydroxyl groups excluding tert-OH is 1. The third-order valence-electron chi connectivity index (χ3n) is 1.91. The second kappa shape index (κ2) is 4.63. The summed E-state index contributed by atoms with van der Waals surface area (Å²) in [6, 6.07) is 4.03. The lowest BCUT2D eigenvalue weighted by atomic mass is 10.1. The molecule has 6 N–H and O–H groups in total. The first-order valence-corrected chi connectivity index (χ1v) is 4.24. The van der Waals surface area contributed by atoms with Crippen LogP contribution in [0, 0.1) is 0 Å². The predicted octanol–water partition coefficient (Wildman–Crippen LogP) is -1.01. The molecular formula is C9H12N2O4. The van der Waals surface area contributed by atoms with E-state index in [2.05, 4.69) is 0 Å². The summed E-state index contributed by atoms with van der Waals surface area (Å²) in [6.45, 7) is 0. The van der Waals surface area contributed by atoms with Gasteiger partial charge in [-0.05, 0) is 17.7 Å². The summed E-state index contributed by atoms with van der Waals surface area (Å²) in [4.78, 5) is 10.9. The number of phenolic OH excluding ortho intramolecular Hbond substituents is 2. The summed E-state index contributed by atoms with van der Waals surface area (Å²) in [6.07, 6.45) is -1.27. The molecule has 6 nitrogen and oxygen atoms in total. The van der Waals surface area contributed by atoms with Crippen LogP contribution in [0.2, 0.25) is 0 Å². The largest absolute Gasteiger partial charge is 0.504 e. The van der Waals surface area contributed by atoms with Crippen molar-refractivity contribution in [1.82, 2.24) is 5.43 Å². The van der Waals surface area contributed by atoms with E-state index in [4.69, 9.17) is 16.1 Å². The average molecular weight is 212 g/mol. The maximum Gasteiger partial charge on any atom is 0.263 e. The summed E-state index contributed by atoms with van der Waals surface area (Å²) in [5.41, 5.74) is 2.33. The molecule has 0 spiro atoms. The Morgan fingerprint density at radius 2 is 2.07 bits per heavy atom. The fourth-order valence-corrected chi connectivity index (χ4v) is 1.11. The van der Waals surface area contributed by atoms with Crippen molar-refractivity contribution in [3.05, 3.63) is 23.8 Å². The maximum atomic E-state index is 10.9. The average Bonchev–Trinajstić information content (AvgIpc) is 2.22. The van der Waals surface area contributed by atoms with Crippen molar-refractivity contribution in [2.75, 3.05) is 0 Å². The lowest BCUT2D eigenvalue weighted by molar-refractivity contribution is -0.129. The van der Waals surface area contributed by atoms with E-state index in [1.807, 2.05) is 5.43 Å². The van der Waals surface area contributed by atoms with Gasteiger partial charge in [-0.15, -0.1) is 0 Å². The molecule has 0 fully saturated rings. The lowest BCUT2D eigenvalue weighted by Crippen LogP contribution is -2.40. The molecule has 1 aromatic rings. The van der Waals surface area contributed by atoms with Crippen LogP contribution in [0.3, 0.4) is 0 Å². The van der Waals surface area contributed by atoms with Gasteiger partial charge in [0.2, 0.25) is 0 Å². The first-order chi connectivity index (χ1) is 7.04. The molecule has 82 valence electrons. The molecule has 0 bridgehead atoms. The number of aliphatic hydroxyl groups is 1. The highest BCUT2D eigenvalue weighted by atomic mass is 16.3. The molecular weight excluding hydrogens is 200 g/mol. The minimum Gasteiger partial charge on any atom is -0.504 e. The zero-order chi connectivity index (χ0) is 11.4. The van der Waals surface area contributed by atoms with Gasteiger partial charge in [0, 0.05) is 6.42 Å². The van der Waals surface area contributed by atoms with Crippen LogP contribution in [0.4, 0.5) is 0 Å². The molecule has 1 rings (SSSR count). The quantitative estimate of drug-likeness (QED) is 0.190. The maximum absolute atomic E-state index is 10.9. The first kappa shape index (κ1) is 11.3. The van der Waals surface area contributed by atoms with E-state index in [0.29, 0.717) is 5.56 Å². The van der Waals surface area contributed by atoms with Crippen LogP contribution >= 0.6 is 0 Å². The standard InChI is InChI=1S/C9H12N2O4/c10-11-9(15)8(14)4-5-1-2-6(12)7(13)3-5/h1-3,8,12-14H,4,10H2,(H,11,15). The number of rotatable bonds is 3. The van der Waals surface area contributed by atoms with Gasteiger partial charge in [-0.3, -0.25) is 10.2 Å². The highest BCUT2D eigenvalue weighted by Crippen LogP contribution is 2.25. The number of hydrazine groups is 1. The van der Waals surface area contributed by atoms with Gasteiger partial charge in [0.1, 0.15) is 6.10 Å². The van der Waals surface area contributed by atoms with Crippen LogP contribution < -0.4 is 11.3 Å². The number of benzene rings is 1. The topological polar surface area (TPSA) is 116 Å². The number of carbonyl (C=O) groups is 1. The van der Waals surface area contributed by atoms with Crippen LogP contribution in [-0.4, -0.2) is 27.3 Å². The Balaban J connectivity index is 2.73. The third kappa shape index (κ3) is 2.83. The van der Waals surface area contributed by atoms with Crippen molar-refractivity contribution in [2.45, 2.75) is 12.5 Å². The van der Waals surface area contributed by atoms with E-state index in [1.54, 1.807) is 0 Å². The zero-order valence-corrected chi connectivity index (χ0v) is 7.84. The first-order valence-electron chi connectivity index (χ1n) is 4.24. The van der Waals surface area contributed by atoms with Crippen molar-refractivity contribution in [2.24, 2.45) is 5.84 Å². The molecule has 1 atom stereocenters. The molecule has 15 heavy (non-hydrogen) atoms. The van der Waals surface area contributed by atoms with Crippen LogP contribution in [0.1, 0.15) is 5.56 Å². The van der Waals surface area contributed by atoms with Crippen LogP contribution in [0.5, 0.6) is 11.5 Å². The van der Waals surface area contributed by atoms with Crippen molar-refractivity contribution in [1.29, 1.82) is 0 Å². The minimum absolute atomic E-state index is 0.0108. The number of hydrogen-bond donors (Lipinski definition) is 5. The Hall–Kier alpha value is -1.79. The molecule has 0 saturated heterocycles. The number of hydrogen-bond acceptors (Lipinski definition) is 5. The number of phenols is 2. The van der Waals surface area contributed by atoms with Crippen LogP contribution in [-0.2, 0) is 11.2 Å². The summed E-state index contributed by atoms with van der Waals surface area (Å²) >= 11 is 0. The smallest absolute Gasteiger partial charge is 0.263 e. The molecule has 1 unspecified atom stereocenters. The molecule has 0 saturated carbocycles. The molecule has 1 aromatic carbocycles. The predicted molar refractivity (Wildman–Crippen MR) is 51.8 cm³/mol. The number of amides is 1. The number of aromatic hydroxyl groups is 2. The van der Waals surface area contributed by atoms with E-state index in [0.717, 1.165) is 0 Å². The van der Waals surface area contributed by atoms with Crippen molar-refractivity contribution in [3.8, 4) is 11.5 Å². The Labute approximate surface area is 85.9 Å². The van der Waals surface area contributed by atoms with Crippen LogP contribution in [0.25, 0.3) is 0 Å². The molecule has 0 heterocycles. The molecule has 6 heteroatoms. The fourth-order valence-electron chi connectivity index (χ4n) is 1.11. The van der Waals surface area contributed by atoms with Gasteiger partial charge in [-0.2, -0.15) is 0 Å². The molecule has 0 aliphatic rings. The van der Waals surface area contributed by atoms with E-state index < -0.39 is 12.0 Å². The van der Waals surface area contributed by atoms with Gasteiger partial charge in [-0.1, -0.05) is 6.07 Å². The van der Waals surface area contributed by atoms with Crippen molar-refractivity contribution in [3.63, 3.8) is 0 Å². The van der Waals surface area contributed by atoms with Gasteiger partial charge in [0.05, 0.1) is 0 Å². The number of nitrogens with one attached hydrogen (secondary N) is 1. The third-order valence-corrected chi connectivity index (χ3v) is 1.91. The summed E-state index contributed by atoms with van der Waals surface area (Å²) in [5.74, 6) is 3.57. The van der Waals surface area contributed by atoms with Crippen molar-refractivity contribution >= 4 is 5.91 Å². The molecule has 0 aliphatic heterocycles. The summed E-state index contributed by atoms with van der Waals surface area (Å²) in [5, 5.41) is 27.5. The second-order valence-electron chi connectivity index (χ2n) is 3.05. The Bertz CT molecular complexity index is 367. The van der Waals surface area contributed by atoms with E-state index in [9.17, 15) is 9.90 Å². The number of carbonyl (C=O) groups excluding carboxylic acids is 1. The zero-order valence-electron chi connectivity index (χ0n) is 7.84. The minimum atomic E-state index is -1.28. The molecule has 0 aromatic heterocycles. The van der Waals surface area contributed by atoms with E-state index in [-0.39, 0.29) is 17.9 Å². The van der Waals surface area contributed by atoms with Gasteiger partial charge >= 0.3 is 0 Å². The highest BCUT2D eigenvalue weighted by molar-refractivity contribution is 5.80. The summed E-state index contributed by atoms with van der Waals surface area (Å²) in [7, 11) is 0.